The van der Waals surface area contributed by atoms with Crippen LogP contribution >= 0.6 is 0 Å². The van der Waals surface area contributed by atoms with E-state index in [0.717, 1.165) is 37.1 Å². The quantitative estimate of drug-likeness (QED) is 0.659. The first-order chi connectivity index (χ1) is 10.1. The zero-order valence-corrected chi connectivity index (χ0v) is 12.8. The maximum absolute atomic E-state index is 8.27. The Kier molecular flexibility index (Phi) is 5.28. The Hall–Kier alpha value is -1.94. The van der Waals surface area contributed by atoms with Crippen LogP contribution in [0.4, 0.5) is 0 Å². The molecule has 1 fully saturated rings. The minimum absolute atomic E-state index is 0.104. The molecule has 0 bridgehead atoms. The van der Waals surface area contributed by atoms with Crippen molar-refractivity contribution >= 4 is 17.4 Å². The van der Waals surface area contributed by atoms with Crippen molar-refractivity contribution in [3.8, 4) is 0 Å². The van der Waals surface area contributed by atoms with Crippen molar-refractivity contribution in [2.45, 2.75) is 26.2 Å². The van der Waals surface area contributed by atoms with Crippen molar-refractivity contribution in [1.82, 2.24) is 4.90 Å². The lowest BCUT2D eigenvalue weighted by Gasteiger charge is -2.26. The topological polar surface area (TPSA) is 60.2 Å². The highest BCUT2D eigenvalue weighted by molar-refractivity contribution is 6.21. The van der Waals surface area contributed by atoms with Gasteiger partial charge in [-0.1, -0.05) is 42.8 Å². The summed E-state index contributed by atoms with van der Waals surface area (Å²) in [7, 11) is 2.12. The summed E-state index contributed by atoms with van der Waals surface area (Å²) in [5.41, 5.74) is 3.13. The van der Waals surface area contributed by atoms with Crippen LogP contribution in [0.1, 0.15) is 31.7 Å². The van der Waals surface area contributed by atoms with Gasteiger partial charge in [0.15, 0.2) is 5.90 Å². The lowest BCUT2D eigenvalue weighted by Crippen LogP contribution is -2.27. The third-order valence-electron chi connectivity index (χ3n) is 3.78. The van der Waals surface area contributed by atoms with Gasteiger partial charge in [-0.2, -0.15) is 0 Å². The minimum Gasteiger partial charge on any atom is -0.425 e. The predicted molar refractivity (Wildman–Crippen MR) is 86.9 cm³/mol. The number of nitrogens with one attached hydrogen (secondary N) is 2. The molecular weight excluding hydrogens is 262 g/mol. The fourth-order valence-electron chi connectivity index (χ4n) is 2.49. The number of likely N-dealkylation sites (tertiary alicyclic amines) is 1. The molecule has 0 radical (unpaired) electrons. The van der Waals surface area contributed by atoms with E-state index in [9.17, 15) is 0 Å². The molecule has 2 N–H and O–H groups in total. The third kappa shape index (κ3) is 4.02. The van der Waals surface area contributed by atoms with Gasteiger partial charge in [-0.15, -0.1) is 0 Å². The van der Waals surface area contributed by atoms with E-state index < -0.39 is 0 Å². The summed E-state index contributed by atoms with van der Waals surface area (Å²) in [6.07, 6.45) is 2.40. The normalized spacial score (nSPS) is 15.6. The van der Waals surface area contributed by atoms with E-state index in [1.165, 1.54) is 5.57 Å². The molecule has 21 heavy (non-hydrogen) atoms. The van der Waals surface area contributed by atoms with Crippen molar-refractivity contribution in [2.24, 2.45) is 0 Å². The predicted octanol–water partition coefficient (Wildman–Crippen LogP) is 3.55. The Morgan fingerprint density at radius 1 is 1.14 bits per heavy atom. The Morgan fingerprint density at radius 2 is 1.76 bits per heavy atom. The standard InChI is InChI=1S/C17H23N3O/c1-3-15(18)21-17(19)16(13-7-5-4-6-8-13)14-9-11-20(2)12-10-14/h4-8,18-19H,3,9-12H2,1-2H3. The van der Waals surface area contributed by atoms with Crippen molar-refractivity contribution in [2.75, 3.05) is 20.1 Å². The van der Waals surface area contributed by atoms with E-state index in [-0.39, 0.29) is 11.8 Å². The summed E-state index contributed by atoms with van der Waals surface area (Å²) >= 11 is 0. The molecule has 0 atom stereocenters. The van der Waals surface area contributed by atoms with Gasteiger partial charge in [0, 0.05) is 25.1 Å². The molecule has 1 heterocycles. The van der Waals surface area contributed by atoms with Crippen LogP contribution in [0.25, 0.3) is 5.57 Å². The molecule has 1 aromatic carbocycles. The highest BCUT2D eigenvalue weighted by Gasteiger charge is 2.20. The molecule has 2 rings (SSSR count). The molecule has 0 spiro atoms. The first kappa shape index (κ1) is 15.4. The Balaban J connectivity index is 2.33. The van der Waals surface area contributed by atoms with Gasteiger partial charge in [-0.05, 0) is 25.5 Å². The molecule has 1 aliphatic heterocycles. The number of piperidine rings is 1. The smallest absolute Gasteiger partial charge is 0.221 e. The van der Waals surface area contributed by atoms with Crippen LogP contribution in [0, 0.1) is 10.8 Å². The minimum atomic E-state index is 0.104. The van der Waals surface area contributed by atoms with Crippen LogP contribution in [0.2, 0.25) is 0 Å². The number of ether oxygens (including phenoxy) is 1. The average molecular weight is 285 g/mol. The van der Waals surface area contributed by atoms with Gasteiger partial charge >= 0.3 is 0 Å². The average Bonchev–Trinajstić information content (AvgIpc) is 2.50. The van der Waals surface area contributed by atoms with Crippen LogP contribution in [-0.4, -0.2) is 36.8 Å². The van der Waals surface area contributed by atoms with Crippen LogP contribution < -0.4 is 0 Å². The van der Waals surface area contributed by atoms with Crippen molar-refractivity contribution in [3.05, 3.63) is 41.5 Å². The fourth-order valence-corrected chi connectivity index (χ4v) is 2.49. The van der Waals surface area contributed by atoms with Gasteiger partial charge in [-0.3, -0.25) is 10.8 Å². The van der Waals surface area contributed by atoms with Crippen LogP contribution in [0.3, 0.4) is 0 Å². The Labute approximate surface area is 126 Å². The molecular formula is C17H23N3O. The molecule has 0 aliphatic carbocycles. The summed E-state index contributed by atoms with van der Waals surface area (Å²) < 4.78 is 5.39. The maximum atomic E-state index is 8.27. The largest absolute Gasteiger partial charge is 0.425 e. The second kappa shape index (κ2) is 7.18. The first-order valence-electron chi connectivity index (χ1n) is 7.42. The van der Waals surface area contributed by atoms with E-state index in [1.54, 1.807) is 0 Å². The zero-order valence-electron chi connectivity index (χ0n) is 12.8. The summed E-state index contributed by atoms with van der Waals surface area (Å²) in [6, 6.07) is 9.94. The van der Waals surface area contributed by atoms with Crippen LogP contribution in [0.5, 0.6) is 0 Å². The lowest BCUT2D eigenvalue weighted by molar-refractivity contribution is 0.313. The number of nitrogens with zero attached hydrogens (tertiary/aromatic N) is 1. The molecule has 0 saturated carbocycles. The van der Waals surface area contributed by atoms with Gasteiger partial charge in [0.2, 0.25) is 5.90 Å². The number of hydrogen-bond donors (Lipinski definition) is 2. The number of rotatable bonds is 3. The molecule has 4 heteroatoms. The second-order valence-electron chi connectivity index (χ2n) is 5.36. The highest BCUT2D eigenvalue weighted by Crippen LogP contribution is 2.27. The highest BCUT2D eigenvalue weighted by atomic mass is 16.5. The molecule has 112 valence electrons. The van der Waals surface area contributed by atoms with E-state index in [0.29, 0.717) is 6.42 Å². The van der Waals surface area contributed by atoms with Gasteiger partial charge in [0.1, 0.15) is 0 Å². The second-order valence-corrected chi connectivity index (χ2v) is 5.36. The van der Waals surface area contributed by atoms with Crippen molar-refractivity contribution in [1.29, 1.82) is 10.8 Å². The molecule has 1 saturated heterocycles. The molecule has 1 aromatic rings. The van der Waals surface area contributed by atoms with Crippen molar-refractivity contribution in [3.63, 3.8) is 0 Å². The first-order valence-corrected chi connectivity index (χ1v) is 7.42. The summed E-state index contributed by atoms with van der Waals surface area (Å²) in [5.74, 6) is 0.245. The van der Waals surface area contributed by atoms with Crippen LogP contribution in [0.15, 0.2) is 35.9 Å². The lowest BCUT2D eigenvalue weighted by atomic mass is 9.93. The molecule has 0 amide bonds. The van der Waals surface area contributed by atoms with E-state index >= 15 is 0 Å². The Morgan fingerprint density at radius 3 is 2.33 bits per heavy atom. The molecule has 0 aromatic heterocycles. The molecule has 1 aliphatic rings. The fraction of sp³-hybridized carbons (Fsp3) is 0.412. The maximum Gasteiger partial charge on any atom is 0.221 e. The van der Waals surface area contributed by atoms with E-state index in [4.69, 9.17) is 15.6 Å². The SMILES string of the molecule is CCC(=N)OC(=N)C(=C1CCN(C)CC1)c1ccccc1. The van der Waals surface area contributed by atoms with Gasteiger partial charge in [0.05, 0.1) is 0 Å². The van der Waals surface area contributed by atoms with Gasteiger partial charge in [-0.25, -0.2) is 0 Å². The molecule has 4 nitrogen and oxygen atoms in total. The van der Waals surface area contributed by atoms with Gasteiger partial charge in [0.25, 0.3) is 0 Å². The van der Waals surface area contributed by atoms with Crippen molar-refractivity contribution < 1.29 is 4.74 Å². The summed E-state index contributed by atoms with van der Waals surface area (Å²) in [5, 5.41) is 15.9. The third-order valence-corrected chi connectivity index (χ3v) is 3.78. The Bertz CT molecular complexity index is 538. The monoisotopic (exact) mass is 285 g/mol. The van der Waals surface area contributed by atoms with Crippen LogP contribution in [-0.2, 0) is 4.74 Å². The summed E-state index contributed by atoms with van der Waals surface area (Å²) in [6.45, 7) is 3.87. The number of hydrogen-bond acceptors (Lipinski definition) is 4. The van der Waals surface area contributed by atoms with Gasteiger partial charge < -0.3 is 9.64 Å². The van der Waals surface area contributed by atoms with E-state index in [2.05, 4.69) is 11.9 Å². The van der Waals surface area contributed by atoms with E-state index in [1.807, 2.05) is 37.3 Å². The number of benzene rings is 1. The molecule has 0 unspecified atom stereocenters. The summed E-state index contributed by atoms with van der Waals surface area (Å²) in [4.78, 5) is 2.30. The zero-order chi connectivity index (χ0) is 15.2.